The van der Waals surface area contributed by atoms with Crippen LogP contribution in [-0.2, 0) is 10.2 Å². The number of anilines is 1. The molecule has 0 bridgehead atoms. The smallest absolute Gasteiger partial charge is 0.251 e. The monoisotopic (exact) mass is 628 g/mol. The molecule has 2 amide bonds. The lowest BCUT2D eigenvalue weighted by molar-refractivity contribution is -0.118. The third-order valence-electron chi connectivity index (χ3n) is 7.66. The van der Waals surface area contributed by atoms with Crippen molar-refractivity contribution in [3.8, 4) is 11.8 Å². The molecule has 1 aliphatic rings. The summed E-state index contributed by atoms with van der Waals surface area (Å²) in [4.78, 5) is 26.3. The molecule has 7 nitrogen and oxygen atoms in total. The van der Waals surface area contributed by atoms with E-state index in [0.29, 0.717) is 12.0 Å². The summed E-state index contributed by atoms with van der Waals surface area (Å²) >= 11 is 12.1. The van der Waals surface area contributed by atoms with Gasteiger partial charge in [-0.05, 0) is 59.9 Å². The van der Waals surface area contributed by atoms with Crippen LogP contribution in [0, 0.1) is 28.4 Å². The van der Waals surface area contributed by atoms with Crippen LogP contribution < -0.4 is 20.7 Å². The van der Waals surface area contributed by atoms with Crippen LogP contribution in [0.2, 0.25) is 10.0 Å². The largest absolute Gasteiger partial charge is 0.495 e. The van der Waals surface area contributed by atoms with Crippen LogP contribution in [0.1, 0.15) is 54.6 Å². The number of carbonyl (C=O) groups is 2. The molecule has 1 saturated heterocycles. The molecular formula is C32H32Cl2F2N4O3. The van der Waals surface area contributed by atoms with Crippen molar-refractivity contribution >= 4 is 40.7 Å². The second kappa shape index (κ2) is 12.5. The maximum atomic E-state index is 15.8. The lowest BCUT2D eigenvalue weighted by Gasteiger charge is -2.37. The Hall–Kier alpha value is -3.71. The van der Waals surface area contributed by atoms with E-state index in [2.05, 4.69) is 22.0 Å². The molecule has 11 heteroatoms. The fraction of sp³-hybridized carbons (Fsp3) is 0.344. The molecule has 0 unspecified atom stereocenters. The molecule has 4 atom stereocenters. The third-order valence-corrected chi connectivity index (χ3v) is 8.13. The van der Waals surface area contributed by atoms with E-state index in [4.69, 9.17) is 27.9 Å². The SMILES string of the molecule is CNC(=O)c1ccc(NC(=O)[C@@H]2N[C@@H](CC(C)(C)C)[C@](C#N)(c3ccc(Cl)cc3F)[C@H]2c2ccc(Cl)cc2F)c(OC)c1. The molecule has 1 fully saturated rings. The third kappa shape index (κ3) is 6.32. The number of nitrogens with zero attached hydrogens (tertiary/aromatic N) is 1. The lowest BCUT2D eigenvalue weighted by Crippen LogP contribution is -2.45. The molecular weight excluding hydrogens is 597 g/mol. The molecule has 3 aromatic carbocycles. The maximum absolute atomic E-state index is 15.8. The molecule has 0 aromatic heterocycles. The number of rotatable bonds is 7. The zero-order valence-electron chi connectivity index (χ0n) is 24.3. The number of nitrogens with one attached hydrogen (secondary N) is 3. The number of benzene rings is 3. The average molecular weight is 630 g/mol. The van der Waals surface area contributed by atoms with Crippen LogP contribution in [0.3, 0.4) is 0 Å². The second-order valence-corrected chi connectivity index (χ2v) is 12.6. The highest BCUT2D eigenvalue weighted by Crippen LogP contribution is 2.52. The van der Waals surface area contributed by atoms with E-state index < -0.39 is 41.0 Å². The number of methoxy groups -OCH3 is 1. The van der Waals surface area contributed by atoms with Gasteiger partial charge in [0.15, 0.2) is 0 Å². The fourth-order valence-electron chi connectivity index (χ4n) is 5.84. The van der Waals surface area contributed by atoms with Crippen LogP contribution in [0.5, 0.6) is 5.75 Å². The Kier molecular flexibility index (Phi) is 9.36. The first-order valence-corrected chi connectivity index (χ1v) is 14.3. The number of hydrogen-bond donors (Lipinski definition) is 3. The van der Waals surface area contributed by atoms with Crippen LogP contribution in [0.25, 0.3) is 0 Å². The highest BCUT2D eigenvalue weighted by atomic mass is 35.5. The van der Waals surface area contributed by atoms with Crippen molar-refractivity contribution in [3.63, 3.8) is 0 Å². The summed E-state index contributed by atoms with van der Waals surface area (Å²) in [7, 11) is 2.88. The van der Waals surface area contributed by atoms with Gasteiger partial charge in [-0.25, -0.2) is 8.78 Å². The number of carbonyl (C=O) groups excluding carboxylic acids is 2. The number of nitriles is 1. The van der Waals surface area contributed by atoms with Crippen molar-refractivity contribution < 1.29 is 23.1 Å². The zero-order chi connectivity index (χ0) is 31.7. The van der Waals surface area contributed by atoms with E-state index >= 15 is 8.78 Å². The first-order valence-electron chi connectivity index (χ1n) is 13.5. The summed E-state index contributed by atoms with van der Waals surface area (Å²) in [5.41, 5.74) is -1.56. The molecule has 1 heterocycles. The van der Waals surface area contributed by atoms with Gasteiger partial charge in [0.1, 0.15) is 22.8 Å². The molecule has 226 valence electrons. The van der Waals surface area contributed by atoms with Crippen molar-refractivity contribution in [2.24, 2.45) is 5.41 Å². The molecule has 3 N–H and O–H groups in total. The van der Waals surface area contributed by atoms with Crippen molar-refractivity contribution in [1.29, 1.82) is 5.26 Å². The first-order chi connectivity index (χ1) is 20.2. The van der Waals surface area contributed by atoms with E-state index in [1.165, 1.54) is 56.6 Å². The Labute approximate surface area is 259 Å². The molecule has 1 aliphatic heterocycles. The number of hydrogen-bond acceptors (Lipinski definition) is 5. The summed E-state index contributed by atoms with van der Waals surface area (Å²) < 4.78 is 36.9. The second-order valence-electron chi connectivity index (χ2n) is 11.7. The normalized spacial score (nSPS) is 21.6. The number of amides is 2. The van der Waals surface area contributed by atoms with Gasteiger partial charge in [-0.1, -0.05) is 56.1 Å². The molecule has 4 rings (SSSR count). The first kappa shape index (κ1) is 32.2. The topological polar surface area (TPSA) is 103 Å². The predicted molar refractivity (Wildman–Crippen MR) is 163 cm³/mol. The summed E-state index contributed by atoms with van der Waals surface area (Å²) in [6.45, 7) is 5.87. The van der Waals surface area contributed by atoms with Crippen molar-refractivity contribution in [3.05, 3.63) is 93.0 Å². The highest BCUT2D eigenvalue weighted by Gasteiger charge is 2.61. The molecule has 0 spiro atoms. The maximum Gasteiger partial charge on any atom is 0.251 e. The average Bonchev–Trinajstić information content (AvgIpc) is 3.25. The van der Waals surface area contributed by atoms with Crippen LogP contribution >= 0.6 is 23.2 Å². The fourth-order valence-corrected chi connectivity index (χ4v) is 6.16. The summed E-state index contributed by atoms with van der Waals surface area (Å²) in [5.74, 6) is -3.44. The Morgan fingerprint density at radius 1 is 1.05 bits per heavy atom. The van der Waals surface area contributed by atoms with Gasteiger partial charge in [0.25, 0.3) is 5.91 Å². The van der Waals surface area contributed by atoms with Gasteiger partial charge in [0.2, 0.25) is 5.91 Å². The van der Waals surface area contributed by atoms with Gasteiger partial charge in [0.05, 0.1) is 24.9 Å². The van der Waals surface area contributed by atoms with E-state index in [1.54, 1.807) is 0 Å². The molecule has 0 aliphatic carbocycles. The van der Waals surface area contributed by atoms with E-state index in [9.17, 15) is 14.9 Å². The zero-order valence-corrected chi connectivity index (χ0v) is 25.8. The minimum atomic E-state index is -1.74. The van der Waals surface area contributed by atoms with Crippen LogP contribution in [-0.4, -0.2) is 38.1 Å². The van der Waals surface area contributed by atoms with Crippen LogP contribution in [0.15, 0.2) is 54.6 Å². The minimum Gasteiger partial charge on any atom is -0.495 e. The minimum absolute atomic E-state index is 0.0108. The van der Waals surface area contributed by atoms with Gasteiger partial charge in [0, 0.05) is 40.2 Å². The summed E-state index contributed by atoms with van der Waals surface area (Å²) in [6, 6.07) is 12.8. The standard InChI is InChI=1S/C32H32Cl2F2N4O3/c1-31(2,3)15-26-32(16-37,21-10-8-19(34)14-23(21)36)27(20-9-7-18(33)13-22(20)35)28(40-26)30(42)39-24-11-6-17(29(41)38-4)12-25(24)43-5/h6-14,26-28,40H,15H2,1-5H3,(H,38,41)(H,39,42)/t26-,27-,28+,32-/m0/s1. The van der Waals surface area contributed by atoms with Crippen LogP contribution in [0.4, 0.5) is 14.5 Å². The summed E-state index contributed by atoms with van der Waals surface area (Å²) in [6.07, 6.45) is 0.336. The quantitative estimate of drug-likeness (QED) is 0.273. The Balaban J connectivity index is 1.92. The van der Waals surface area contributed by atoms with Gasteiger partial charge in [-0.2, -0.15) is 5.26 Å². The van der Waals surface area contributed by atoms with E-state index in [1.807, 2.05) is 20.8 Å². The van der Waals surface area contributed by atoms with Crippen molar-refractivity contribution in [1.82, 2.24) is 10.6 Å². The molecule has 0 radical (unpaired) electrons. The summed E-state index contributed by atoms with van der Waals surface area (Å²) in [5, 5.41) is 19.8. The number of halogens is 4. The Morgan fingerprint density at radius 3 is 2.26 bits per heavy atom. The Morgan fingerprint density at radius 2 is 1.70 bits per heavy atom. The molecule has 43 heavy (non-hydrogen) atoms. The number of ether oxygens (including phenoxy) is 1. The van der Waals surface area contributed by atoms with Gasteiger partial charge >= 0.3 is 0 Å². The van der Waals surface area contributed by atoms with Crippen molar-refractivity contribution in [2.45, 2.75) is 50.6 Å². The Bertz CT molecular complexity index is 1600. The predicted octanol–water partition coefficient (Wildman–Crippen LogP) is 6.60. The van der Waals surface area contributed by atoms with Crippen molar-refractivity contribution in [2.75, 3.05) is 19.5 Å². The highest BCUT2D eigenvalue weighted by molar-refractivity contribution is 6.30. The van der Waals surface area contributed by atoms with Gasteiger partial charge in [-0.3, -0.25) is 9.59 Å². The van der Waals surface area contributed by atoms with Gasteiger partial charge in [-0.15, -0.1) is 0 Å². The van der Waals surface area contributed by atoms with E-state index in [-0.39, 0.29) is 43.9 Å². The van der Waals surface area contributed by atoms with E-state index in [0.717, 1.165) is 12.1 Å². The van der Waals surface area contributed by atoms with Gasteiger partial charge < -0.3 is 20.7 Å². The lowest BCUT2D eigenvalue weighted by atomic mass is 9.62. The molecule has 3 aromatic rings. The molecule has 0 saturated carbocycles.